The van der Waals surface area contributed by atoms with Crippen LogP contribution < -0.4 is 5.73 Å². The molecule has 0 saturated heterocycles. The van der Waals surface area contributed by atoms with Crippen LogP contribution in [0.2, 0.25) is 0 Å². The van der Waals surface area contributed by atoms with Gasteiger partial charge in [0.1, 0.15) is 17.5 Å². The van der Waals surface area contributed by atoms with Gasteiger partial charge in [-0.3, -0.25) is 0 Å². The molecule has 0 aliphatic carbocycles. The predicted molar refractivity (Wildman–Crippen MR) is 53.0 cm³/mol. The molecule has 1 atom stereocenters. The minimum atomic E-state index is -0.922. The predicted octanol–water partition coefficient (Wildman–Crippen LogP) is 2.73. The first kappa shape index (κ1) is 12.0. The second-order valence-electron chi connectivity index (χ2n) is 4.25. The highest BCUT2D eigenvalue weighted by molar-refractivity contribution is 5.29. The first-order valence-corrected chi connectivity index (χ1v) is 4.67. The third-order valence-electron chi connectivity index (χ3n) is 2.79. The Morgan fingerprint density at radius 3 is 1.87 bits per heavy atom. The van der Waals surface area contributed by atoms with Gasteiger partial charge in [-0.25, -0.2) is 13.2 Å². The van der Waals surface area contributed by atoms with Crippen molar-refractivity contribution in [1.29, 1.82) is 0 Å². The fraction of sp³-hybridized carbons (Fsp3) is 0.455. The molecule has 84 valence electrons. The molecule has 1 aromatic carbocycles. The summed E-state index contributed by atoms with van der Waals surface area (Å²) in [5, 5.41) is 0. The van der Waals surface area contributed by atoms with E-state index in [1.807, 2.05) is 0 Å². The molecule has 1 nitrogen and oxygen atoms in total. The SMILES string of the molecule is CC(N)C(C)(C)c1c(F)cc(F)cc1F. The van der Waals surface area contributed by atoms with Crippen LogP contribution in [0.15, 0.2) is 12.1 Å². The molecule has 1 unspecified atom stereocenters. The summed E-state index contributed by atoms with van der Waals surface area (Å²) in [6.07, 6.45) is 0. The smallest absolute Gasteiger partial charge is 0.132 e. The number of hydrogen-bond acceptors (Lipinski definition) is 1. The lowest BCUT2D eigenvalue weighted by Gasteiger charge is -2.30. The molecule has 0 aromatic heterocycles. The molecular weight excluding hydrogens is 203 g/mol. The summed E-state index contributed by atoms with van der Waals surface area (Å²) in [6.45, 7) is 4.90. The van der Waals surface area contributed by atoms with Gasteiger partial charge in [0.2, 0.25) is 0 Å². The van der Waals surface area contributed by atoms with Crippen LogP contribution in [0.3, 0.4) is 0 Å². The molecule has 0 saturated carbocycles. The van der Waals surface area contributed by atoms with Crippen LogP contribution >= 0.6 is 0 Å². The lowest BCUT2D eigenvalue weighted by Crippen LogP contribution is -2.39. The van der Waals surface area contributed by atoms with Crippen molar-refractivity contribution in [2.75, 3.05) is 0 Å². The zero-order chi connectivity index (χ0) is 11.8. The number of halogens is 3. The third kappa shape index (κ3) is 2.15. The largest absolute Gasteiger partial charge is 0.327 e. The van der Waals surface area contributed by atoms with E-state index >= 15 is 0 Å². The van der Waals surface area contributed by atoms with Crippen LogP contribution in [0, 0.1) is 17.5 Å². The molecule has 15 heavy (non-hydrogen) atoms. The van der Waals surface area contributed by atoms with E-state index in [1.54, 1.807) is 20.8 Å². The molecule has 0 aliphatic heterocycles. The molecule has 1 rings (SSSR count). The van der Waals surface area contributed by atoms with Gasteiger partial charge in [-0.2, -0.15) is 0 Å². The summed E-state index contributed by atoms with van der Waals surface area (Å²) < 4.78 is 39.5. The molecule has 0 bridgehead atoms. The second-order valence-corrected chi connectivity index (χ2v) is 4.25. The molecule has 0 amide bonds. The van der Waals surface area contributed by atoms with Gasteiger partial charge >= 0.3 is 0 Å². The molecule has 0 aliphatic rings. The molecule has 0 fully saturated rings. The average molecular weight is 217 g/mol. The van der Waals surface area contributed by atoms with Gasteiger partial charge in [0.15, 0.2) is 0 Å². The van der Waals surface area contributed by atoms with Gasteiger partial charge in [-0.05, 0) is 6.92 Å². The van der Waals surface area contributed by atoms with E-state index in [-0.39, 0.29) is 5.56 Å². The Morgan fingerprint density at radius 1 is 1.13 bits per heavy atom. The molecular formula is C11H14F3N. The van der Waals surface area contributed by atoms with E-state index in [2.05, 4.69) is 0 Å². The Hall–Kier alpha value is -1.03. The Labute approximate surface area is 87.1 Å². The molecule has 0 spiro atoms. The van der Waals surface area contributed by atoms with Crippen molar-refractivity contribution in [2.45, 2.75) is 32.2 Å². The van der Waals surface area contributed by atoms with Crippen molar-refractivity contribution in [2.24, 2.45) is 5.73 Å². The van der Waals surface area contributed by atoms with Crippen LogP contribution in [0.5, 0.6) is 0 Å². The third-order valence-corrected chi connectivity index (χ3v) is 2.79. The number of nitrogens with two attached hydrogens (primary N) is 1. The first-order chi connectivity index (χ1) is 6.76. The Morgan fingerprint density at radius 2 is 1.53 bits per heavy atom. The topological polar surface area (TPSA) is 26.0 Å². The van der Waals surface area contributed by atoms with Gasteiger partial charge in [0, 0.05) is 29.2 Å². The first-order valence-electron chi connectivity index (χ1n) is 4.67. The van der Waals surface area contributed by atoms with Gasteiger partial charge in [0.25, 0.3) is 0 Å². The zero-order valence-electron chi connectivity index (χ0n) is 8.94. The average Bonchev–Trinajstić information content (AvgIpc) is 2.00. The van der Waals surface area contributed by atoms with Crippen molar-refractivity contribution < 1.29 is 13.2 Å². The lowest BCUT2D eigenvalue weighted by atomic mass is 9.78. The summed E-state index contributed by atoms with van der Waals surface area (Å²) in [5.41, 5.74) is 4.61. The normalized spacial score (nSPS) is 14.1. The van der Waals surface area contributed by atoms with Crippen molar-refractivity contribution >= 4 is 0 Å². The highest BCUT2D eigenvalue weighted by Crippen LogP contribution is 2.31. The minimum Gasteiger partial charge on any atom is -0.327 e. The highest BCUT2D eigenvalue weighted by Gasteiger charge is 2.31. The quantitative estimate of drug-likeness (QED) is 0.809. The molecule has 0 heterocycles. The molecule has 1 aromatic rings. The Kier molecular flexibility index (Phi) is 3.09. The maximum absolute atomic E-state index is 13.4. The van der Waals surface area contributed by atoms with Crippen LogP contribution in [-0.4, -0.2) is 6.04 Å². The molecule has 0 radical (unpaired) electrons. The van der Waals surface area contributed by atoms with Gasteiger partial charge in [-0.1, -0.05) is 13.8 Å². The maximum Gasteiger partial charge on any atom is 0.132 e. The second kappa shape index (κ2) is 3.85. The molecule has 4 heteroatoms. The fourth-order valence-corrected chi connectivity index (χ4v) is 1.39. The van der Waals surface area contributed by atoms with Crippen LogP contribution in [0.4, 0.5) is 13.2 Å². The number of rotatable bonds is 2. The lowest BCUT2D eigenvalue weighted by molar-refractivity contribution is 0.385. The van der Waals surface area contributed by atoms with Crippen LogP contribution in [-0.2, 0) is 5.41 Å². The van der Waals surface area contributed by atoms with Crippen molar-refractivity contribution in [3.63, 3.8) is 0 Å². The van der Waals surface area contributed by atoms with Crippen LogP contribution in [0.25, 0.3) is 0 Å². The maximum atomic E-state index is 13.4. The standard InChI is InChI=1S/C11H14F3N/c1-6(15)11(2,3)10-8(13)4-7(12)5-9(10)14/h4-6H,15H2,1-3H3. The number of benzene rings is 1. The zero-order valence-corrected chi connectivity index (χ0v) is 8.94. The van der Waals surface area contributed by atoms with E-state index in [4.69, 9.17) is 5.73 Å². The summed E-state index contributed by atoms with van der Waals surface area (Å²) in [4.78, 5) is 0. The Balaban J connectivity index is 3.38. The van der Waals surface area contributed by atoms with Crippen molar-refractivity contribution in [3.05, 3.63) is 35.1 Å². The van der Waals surface area contributed by atoms with E-state index in [9.17, 15) is 13.2 Å². The monoisotopic (exact) mass is 217 g/mol. The van der Waals surface area contributed by atoms with Crippen molar-refractivity contribution in [1.82, 2.24) is 0 Å². The summed E-state index contributed by atoms with van der Waals surface area (Å²) in [7, 11) is 0. The Bertz CT molecular complexity index is 349. The van der Waals surface area contributed by atoms with Gasteiger partial charge in [-0.15, -0.1) is 0 Å². The number of hydrogen-bond donors (Lipinski definition) is 1. The van der Waals surface area contributed by atoms with Gasteiger partial charge < -0.3 is 5.73 Å². The summed E-state index contributed by atoms with van der Waals surface area (Å²) in [6, 6.07) is 0.900. The van der Waals surface area contributed by atoms with E-state index < -0.39 is 28.9 Å². The highest BCUT2D eigenvalue weighted by atomic mass is 19.1. The molecule has 2 N–H and O–H groups in total. The summed E-state index contributed by atoms with van der Waals surface area (Å²) >= 11 is 0. The summed E-state index contributed by atoms with van der Waals surface area (Å²) in [5.74, 6) is -2.71. The van der Waals surface area contributed by atoms with E-state index in [0.717, 1.165) is 0 Å². The van der Waals surface area contributed by atoms with Crippen LogP contribution in [0.1, 0.15) is 26.3 Å². The van der Waals surface area contributed by atoms with Crippen molar-refractivity contribution in [3.8, 4) is 0 Å². The minimum absolute atomic E-state index is 0.168. The van der Waals surface area contributed by atoms with E-state index in [1.165, 1.54) is 0 Å². The fourth-order valence-electron chi connectivity index (χ4n) is 1.39. The van der Waals surface area contributed by atoms with E-state index in [0.29, 0.717) is 12.1 Å². The van der Waals surface area contributed by atoms with Gasteiger partial charge in [0.05, 0.1) is 0 Å².